The quantitative estimate of drug-likeness (QED) is 0.530. The van der Waals surface area contributed by atoms with Crippen LogP contribution in [0.3, 0.4) is 0 Å². The number of amides is 1. The van der Waals surface area contributed by atoms with E-state index in [0.717, 1.165) is 21.3 Å². The van der Waals surface area contributed by atoms with Crippen molar-refractivity contribution in [3.63, 3.8) is 0 Å². The Morgan fingerprint density at radius 2 is 1.81 bits per heavy atom. The Morgan fingerprint density at radius 1 is 1.00 bits per heavy atom. The lowest BCUT2D eigenvalue weighted by Crippen LogP contribution is -2.42. The Kier molecular flexibility index (Phi) is 5.73. The molecule has 4 aromatic rings. The molecule has 32 heavy (non-hydrogen) atoms. The van der Waals surface area contributed by atoms with Gasteiger partial charge in [0.2, 0.25) is 5.91 Å². The molecule has 0 aliphatic carbocycles. The molecule has 162 valence electrons. The number of aromatic nitrogens is 3. The third kappa shape index (κ3) is 3.97. The summed E-state index contributed by atoms with van der Waals surface area (Å²) in [6.45, 7) is 5.73. The Labute approximate surface area is 185 Å². The molecule has 1 N–H and O–H groups in total. The van der Waals surface area contributed by atoms with Crippen LogP contribution in [0.25, 0.3) is 16.6 Å². The second kappa shape index (κ2) is 8.63. The summed E-state index contributed by atoms with van der Waals surface area (Å²) >= 11 is 0. The van der Waals surface area contributed by atoms with Crippen molar-refractivity contribution in [2.45, 2.75) is 33.9 Å². The molecule has 0 unspecified atom stereocenters. The first kappa shape index (κ1) is 21.2. The van der Waals surface area contributed by atoms with Gasteiger partial charge in [-0.15, -0.1) is 0 Å². The van der Waals surface area contributed by atoms with Crippen molar-refractivity contribution in [3.8, 4) is 5.69 Å². The normalized spacial score (nSPS) is 11.0. The largest absolute Gasteiger partial charge is 0.349 e. The Bertz CT molecular complexity index is 1440. The molecule has 0 atom stereocenters. The fourth-order valence-corrected chi connectivity index (χ4v) is 3.72. The minimum absolute atomic E-state index is 0.212. The van der Waals surface area contributed by atoms with E-state index in [4.69, 9.17) is 0 Å². The molecule has 0 radical (unpaired) electrons. The topological polar surface area (TPSA) is 86.0 Å². The van der Waals surface area contributed by atoms with E-state index in [1.165, 1.54) is 4.57 Å². The molecule has 0 aliphatic heterocycles. The zero-order valence-corrected chi connectivity index (χ0v) is 18.3. The number of pyridine rings is 1. The summed E-state index contributed by atoms with van der Waals surface area (Å²) in [6, 6.07) is 16.2. The maximum Gasteiger partial charge on any atom is 0.336 e. The molecule has 2 heterocycles. The van der Waals surface area contributed by atoms with Crippen molar-refractivity contribution in [2.24, 2.45) is 0 Å². The van der Waals surface area contributed by atoms with Crippen molar-refractivity contribution in [2.75, 3.05) is 0 Å². The molecular formula is C25H24N4O3. The van der Waals surface area contributed by atoms with Gasteiger partial charge in [-0.05, 0) is 62.2 Å². The van der Waals surface area contributed by atoms with Gasteiger partial charge >= 0.3 is 5.69 Å². The SMILES string of the molecule is Cc1ccc2c(c1)c(=O)n(-c1cccc(C)c1C)c(=O)n2CC(=O)NCc1ccccn1. The van der Waals surface area contributed by atoms with Crippen LogP contribution in [0.5, 0.6) is 0 Å². The second-order valence-electron chi connectivity index (χ2n) is 7.85. The third-order valence-corrected chi connectivity index (χ3v) is 5.61. The van der Waals surface area contributed by atoms with Crippen LogP contribution in [0.4, 0.5) is 0 Å². The Balaban J connectivity index is 1.83. The van der Waals surface area contributed by atoms with E-state index in [-0.39, 0.29) is 19.0 Å². The number of benzene rings is 2. The summed E-state index contributed by atoms with van der Waals surface area (Å²) < 4.78 is 2.52. The maximum atomic E-state index is 13.5. The molecule has 4 rings (SSSR count). The van der Waals surface area contributed by atoms with Crippen LogP contribution in [-0.4, -0.2) is 20.0 Å². The van der Waals surface area contributed by atoms with Gasteiger partial charge in [0.25, 0.3) is 5.56 Å². The highest BCUT2D eigenvalue weighted by Gasteiger charge is 2.18. The zero-order chi connectivity index (χ0) is 22.8. The lowest BCUT2D eigenvalue weighted by molar-refractivity contribution is -0.121. The number of carbonyl (C=O) groups excluding carboxylic acids is 1. The zero-order valence-electron chi connectivity index (χ0n) is 18.3. The first-order valence-corrected chi connectivity index (χ1v) is 10.4. The molecule has 1 amide bonds. The molecule has 0 saturated carbocycles. The summed E-state index contributed by atoms with van der Waals surface area (Å²) in [5.41, 5.74) is 3.43. The standard InChI is InChI=1S/C25H24N4O3/c1-16-10-11-22-20(13-16)24(31)29(21-9-6-7-17(2)18(21)3)25(32)28(22)15-23(30)27-14-19-8-4-5-12-26-19/h4-13H,14-15H2,1-3H3,(H,27,30). The fraction of sp³-hybridized carbons (Fsp3) is 0.200. The molecule has 0 aliphatic rings. The summed E-state index contributed by atoms with van der Waals surface area (Å²) in [7, 11) is 0. The summed E-state index contributed by atoms with van der Waals surface area (Å²) in [6.07, 6.45) is 1.65. The van der Waals surface area contributed by atoms with E-state index in [9.17, 15) is 14.4 Å². The minimum atomic E-state index is -0.548. The van der Waals surface area contributed by atoms with E-state index >= 15 is 0 Å². The Hall–Kier alpha value is -4.00. The number of hydrogen-bond donors (Lipinski definition) is 1. The molecule has 7 heteroatoms. The number of carbonyl (C=O) groups is 1. The number of aryl methyl sites for hydroxylation is 2. The first-order valence-electron chi connectivity index (χ1n) is 10.4. The number of hydrogen-bond acceptors (Lipinski definition) is 4. The van der Waals surface area contributed by atoms with E-state index in [0.29, 0.717) is 22.3 Å². The summed E-state index contributed by atoms with van der Waals surface area (Å²) in [5.74, 6) is -0.342. The highest BCUT2D eigenvalue weighted by atomic mass is 16.2. The highest BCUT2D eigenvalue weighted by Crippen LogP contribution is 2.17. The van der Waals surface area contributed by atoms with Crippen molar-refractivity contribution < 1.29 is 4.79 Å². The van der Waals surface area contributed by atoms with E-state index < -0.39 is 11.2 Å². The van der Waals surface area contributed by atoms with Crippen molar-refractivity contribution in [1.29, 1.82) is 0 Å². The van der Waals surface area contributed by atoms with Gasteiger partial charge in [-0.2, -0.15) is 0 Å². The van der Waals surface area contributed by atoms with E-state index in [1.54, 1.807) is 30.5 Å². The Morgan fingerprint density at radius 3 is 2.56 bits per heavy atom. The van der Waals surface area contributed by atoms with E-state index in [2.05, 4.69) is 10.3 Å². The molecule has 0 spiro atoms. The number of nitrogens with zero attached hydrogens (tertiary/aromatic N) is 3. The maximum absolute atomic E-state index is 13.5. The smallest absolute Gasteiger partial charge is 0.336 e. The van der Waals surface area contributed by atoms with Crippen LogP contribution in [0.1, 0.15) is 22.4 Å². The number of nitrogens with one attached hydrogen (secondary N) is 1. The lowest BCUT2D eigenvalue weighted by Gasteiger charge is -2.16. The lowest BCUT2D eigenvalue weighted by atomic mass is 10.1. The van der Waals surface area contributed by atoms with Gasteiger partial charge in [0, 0.05) is 6.20 Å². The monoisotopic (exact) mass is 428 g/mol. The average molecular weight is 428 g/mol. The summed E-state index contributed by atoms with van der Waals surface area (Å²) in [5, 5.41) is 3.19. The molecule has 0 bridgehead atoms. The van der Waals surface area contributed by atoms with E-state index in [1.807, 2.05) is 51.1 Å². The van der Waals surface area contributed by atoms with Gasteiger partial charge in [-0.3, -0.25) is 19.1 Å². The van der Waals surface area contributed by atoms with Crippen molar-refractivity contribution >= 4 is 16.8 Å². The van der Waals surface area contributed by atoms with Crippen molar-refractivity contribution in [3.05, 3.63) is 104 Å². The van der Waals surface area contributed by atoms with Gasteiger partial charge in [0.05, 0.1) is 28.8 Å². The minimum Gasteiger partial charge on any atom is -0.349 e. The first-order chi connectivity index (χ1) is 15.4. The van der Waals surface area contributed by atoms with Gasteiger partial charge in [-0.1, -0.05) is 29.8 Å². The van der Waals surface area contributed by atoms with Crippen LogP contribution in [0.15, 0.2) is 70.4 Å². The highest BCUT2D eigenvalue weighted by molar-refractivity contribution is 5.82. The van der Waals surface area contributed by atoms with Crippen LogP contribution in [0.2, 0.25) is 0 Å². The van der Waals surface area contributed by atoms with Crippen LogP contribution in [0, 0.1) is 20.8 Å². The van der Waals surface area contributed by atoms with Crippen LogP contribution in [-0.2, 0) is 17.9 Å². The molecule has 2 aromatic heterocycles. The number of rotatable bonds is 5. The number of fused-ring (bicyclic) bond motifs is 1. The average Bonchev–Trinajstić information content (AvgIpc) is 2.79. The molecule has 7 nitrogen and oxygen atoms in total. The van der Waals surface area contributed by atoms with Gasteiger partial charge < -0.3 is 5.32 Å². The fourth-order valence-electron chi connectivity index (χ4n) is 3.72. The van der Waals surface area contributed by atoms with Crippen LogP contribution < -0.4 is 16.6 Å². The predicted octanol–water partition coefficient (Wildman–Crippen LogP) is 2.79. The van der Waals surface area contributed by atoms with Gasteiger partial charge in [0.15, 0.2) is 0 Å². The van der Waals surface area contributed by atoms with Gasteiger partial charge in [-0.25, -0.2) is 9.36 Å². The third-order valence-electron chi connectivity index (χ3n) is 5.61. The second-order valence-corrected chi connectivity index (χ2v) is 7.85. The molecule has 2 aromatic carbocycles. The van der Waals surface area contributed by atoms with Crippen molar-refractivity contribution in [1.82, 2.24) is 19.4 Å². The van der Waals surface area contributed by atoms with Gasteiger partial charge in [0.1, 0.15) is 6.54 Å². The molecule has 0 saturated heterocycles. The summed E-state index contributed by atoms with van der Waals surface area (Å²) in [4.78, 5) is 43.8. The predicted molar refractivity (Wildman–Crippen MR) is 124 cm³/mol. The van der Waals surface area contributed by atoms with Crippen LogP contribution >= 0.6 is 0 Å². The molecular weight excluding hydrogens is 404 g/mol. The molecule has 0 fully saturated rings.